The van der Waals surface area contributed by atoms with Crippen molar-refractivity contribution in [2.45, 2.75) is 26.4 Å². The first-order chi connectivity index (χ1) is 8.71. The first-order valence-corrected chi connectivity index (χ1v) is 5.76. The Hall–Kier alpha value is -2.31. The molecule has 1 aliphatic rings. The van der Waals surface area contributed by atoms with Crippen molar-refractivity contribution >= 4 is 23.0 Å². The van der Waals surface area contributed by atoms with E-state index in [1.807, 2.05) is 13.8 Å². The van der Waals surface area contributed by atoms with Crippen LogP contribution in [0.5, 0.6) is 5.75 Å². The monoisotopic (exact) mass is 265 g/mol. The van der Waals surface area contributed by atoms with Gasteiger partial charge in [0.25, 0.3) is 5.69 Å². The van der Waals surface area contributed by atoms with E-state index in [4.69, 9.17) is 10.5 Å². The van der Waals surface area contributed by atoms with Crippen molar-refractivity contribution in [2.24, 2.45) is 0 Å². The van der Waals surface area contributed by atoms with Gasteiger partial charge in [-0.2, -0.15) is 0 Å². The molecule has 0 unspecified atom stereocenters. The van der Waals surface area contributed by atoms with E-state index < -0.39 is 10.5 Å². The molecular formula is C12H15N3O4. The van der Waals surface area contributed by atoms with Crippen molar-refractivity contribution in [3.05, 3.63) is 22.2 Å². The van der Waals surface area contributed by atoms with Crippen LogP contribution in [0.4, 0.5) is 17.1 Å². The van der Waals surface area contributed by atoms with Gasteiger partial charge in [-0.25, -0.2) is 0 Å². The fourth-order valence-electron chi connectivity index (χ4n) is 2.10. The van der Waals surface area contributed by atoms with Crippen LogP contribution in [0.15, 0.2) is 12.1 Å². The summed E-state index contributed by atoms with van der Waals surface area (Å²) in [6, 6.07) is 2.67. The molecule has 7 heteroatoms. The minimum atomic E-state index is -0.608. The smallest absolute Gasteiger partial charge is 0.295 e. The van der Waals surface area contributed by atoms with Gasteiger partial charge in [0.1, 0.15) is 11.3 Å². The minimum absolute atomic E-state index is 0.0123. The number of rotatable bonds is 1. The molecule has 0 radical (unpaired) electrons. The number of amides is 1. The third-order valence-corrected chi connectivity index (χ3v) is 2.90. The molecule has 2 N–H and O–H groups in total. The molecule has 1 aromatic rings. The first kappa shape index (κ1) is 13.1. The Morgan fingerprint density at radius 2 is 2.16 bits per heavy atom. The van der Waals surface area contributed by atoms with Crippen molar-refractivity contribution in [1.29, 1.82) is 0 Å². The number of ether oxygens (including phenoxy) is 1. The van der Waals surface area contributed by atoms with Crippen LogP contribution in [0.1, 0.15) is 20.8 Å². The van der Waals surface area contributed by atoms with Crippen LogP contribution in [-0.4, -0.2) is 23.0 Å². The predicted molar refractivity (Wildman–Crippen MR) is 70.2 cm³/mol. The van der Waals surface area contributed by atoms with Crippen LogP contribution in [-0.2, 0) is 4.79 Å². The maximum atomic E-state index is 11.7. The van der Waals surface area contributed by atoms with Gasteiger partial charge in [-0.1, -0.05) is 0 Å². The molecule has 0 spiro atoms. The number of anilines is 2. The first-order valence-electron chi connectivity index (χ1n) is 5.76. The Morgan fingerprint density at radius 3 is 2.68 bits per heavy atom. The van der Waals surface area contributed by atoms with E-state index in [9.17, 15) is 14.9 Å². The number of nitro groups is 1. The zero-order valence-corrected chi connectivity index (χ0v) is 11.0. The predicted octanol–water partition coefficient (Wildman–Crippen LogP) is 1.70. The molecule has 0 aromatic heterocycles. The van der Waals surface area contributed by atoms with Gasteiger partial charge in [0, 0.05) is 6.92 Å². The molecule has 0 fully saturated rings. The summed E-state index contributed by atoms with van der Waals surface area (Å²) in [4.78, 5) is 23.5. The van der Waals surface area contributed by atoms with E-state index in [-0.39, 0.29) is 17.3 Å². The summed E-state index contributed by atoms with van der Waals surface area (Å²) in [5.41, 5.74) is 5.29. The normalized spacial score (nSPS) is 16.5. The molecule has 102 valence electrons. The van der Waals surface area contributed by atoms with Crippen LogP contribution in [0.2, 0.25) is 0 Å². The van der Waals surface area contributed by atoms with Gasteiger partial charge in [0.2, 0.25) is 5.91 Å². The highest BCUT2D eigenvalue weighted by molar-refractivity contribution is 5.95. The molecule has 7 nitrogen and oxygen atoms in total. The Bertz CT molecular complexity index is 568. The summed E-state index contributed by atoms with van der Waals surface area (Å²) < 4.78 is 5.69. The molecule has 0 saturated carbocycles. The number of fused-ring (bicyclic) bond motifs is 1. The summed E-state index contributed by atoms with van der Waals surface area (Å²) in [6.45, 7) is 5.43. The third-order valence-electron chi connectivity index (χ3n) is 2.90. The third kappa shape index (κ3) is 2.31. The van der Waals surface area contributed by atoms with Gasteiger partial charge in [0.15, 0.2) is 5.75 Å². The molecule has 1 aliphatic heterocycles. The topological polar surface area (TPSA) is 98.7 Å². The number of hydrogen-bond donors (Lipinski definition) is 1. The quantitative estimate of drug-likeness (QED) is 0.473. The summed E-state index contributed by atoms with van der Waals surface area (Å²) in [5.74, 6) is 0.137. The Morgan fingerprint density at radius 1 is 1.53 bits per heavy atom. The van der Waals surface area contributed by atoms with Crippen molar-refractivity contribution in [2.75, 3.05) is 17.2 Å². The van der Waals surface area contributed by atoms with E-state index in [2.05, 4.69) is 0 Å². The summed E-state index contributed by atoms with van der Waals surface area (Å²) in [6.07, 6.45) is 0. The van der Waals surface area contributed by atoms with Gasteiger partial charge in [-0.15, -0.1) is 0 Å². The Kier molecular flexibility index (Phi) is 2.84. The number of hydrogen-bond acceptors (Lipinski definition) is 5. The van der Waals surface area contributed by atoms with Crippen LogP contribution < -0.4 is 15.4 Å². The molecule has 1 aromatic carbocycles. The van der Waals surface area contributed by atoms with Crippen molar-refractivity contribution in [3.63, 3.8) is 0 Å². The standard InChI is InChI=1S/C12H15N3O4/c1-7(16)14-6-12(2,3)19-11-5-9(15(17)18)8(13)4-10(11)14/h4-5H,6,13H2,1-3H3. The average Bonchev–Trinajstić information content (AvgIpc) is 2.26. The van der Waals surface area contributed by atoms with Crippen molar-refractivity contribution in [1.82, 2.24) is 0 Å². The van der Waals surface area contributed by atoms with Crippen molar-refractivity contribution in [3.8, 4) is 5.75 Å². The zero-order chi connectivity index (χ0) is 14.4. The lowest BCUT2D eigenvalue weighted by molar-refractivity contribution is -0.384. The van der Waals surface area contributed by atoms with E-state index >= 15 is 0 Å². The molecule has 19 heavy (non-hydrogen) atoms. The fourth-order valence-corrected chi connectivity index (χ4v) is 2.10. The van der Waals surface area contributed by atoms with E-state index in [0.717, 1.165) is 0 Å². The van der Waals surface area contributed by atoms with E-state index in [1.54, 1.807) is 0 Å². The molecule has 2 rings (SSSR count). The maximum absolute atomic E-state index is 11.7. The largest absolute Gasteiger partial charge is 0.484 e. The molecule has 1 heterocycles. The number of carbonyl (C=O) groups is 1. The summed E-state index contributed by atoms with van der Waals surface area (Å²) in [5, 5.41) is 10.9. The van der Waals surface area contributed by atoms with Crippen LogP contribution in [0, 0.1) is 10.1 Å². The molecule has 0 saturated heterocycles. The molecule has 1 amide bonds. The highest BCUT2D eigenvalue weighted by Gasteiger charge is 2.35. The number of nitrogens with two attached hydrogens (primary N) is 1. The maximum Gasteiger partial charge on any atom is 0.295 e. The highest BCUT2D eigenvalue weighted by Crippen LogP contribution is 2.42. The number of nitro benzene ring substituents is 1. The Labute approximate surface area is 110 Å². The number of benzene rings is 1. The minimum Gasteiger partial charge on any atom is -0.484 e. The fraction of sp³-hybridized carbons (Fsp3) is 0.417. The lowest BCUT2D eigenvalue weighted by Crippen LogP contribution is -2.48. The summed E-state index contributed by atoms with van der Waals surface area (Å²) in [7, 11) is 0. The van der Waals surface area contributed by atoms with Crippen LogP contribution in [0.25, 0.3) is 0 Å². The second kappa shape index (κ2) is 4.11. The van der Waals surface area contributed by atoms with Gasteiger partial charge >= 0.3 is 0 Å². The number of nitrogen functional groups attached to an aromatic ring is 1. The highest BCUT2D eigenvalue weighted by atomic mass is 16.6. The number of nitrogens with zero attached hydrogens (tertiary/aromatic N) is 2. The van der Waals surface area contributed by atoms with Gasteiger partial charge < -0.3 is 15.4 Å². The molecule has 0 aliphatic carbocycles. The average molecular weight is 265 g/mol. The van der Waals surface area contributed by atoms with Gasteiger partial charge in [-0.3, -0.25) is 14.9 Å². The van der Waals surface area contributed by atoms with Crippen molar-refractivity contribution < 1.29 is 14.5 Å². The van der Waals surface area contributed by atoms with Gasteiger partial charge in [-0.05, 0) is 19.9 Å². The lowest BCUT2D eigenvalue weighted by atomic mass is 10.0. The van der Waals surface area contributed by atoms with Crippen LogP contribution >= 0.6 is 0 Å². The Balaban J connectivity index is 2.60. The zero-order valence-electron chi connectivity index (χ0n) is 11.0. The lowest BCUT2D eigenvalue weighted by Gasteiger charge is -2.39. The molecule has 0 bridgehead atoms. The number of carbonyl (C=O) groups excluding carboxylic acids is 1. The van der Waals surface area contributed by atoms with E-state index in [1.165, 1.54) is 24.0 Å². The second-order valence-electron chi connectivity index (χ2n) is 5.10. The van der Waals surface area contributed by atoms with E-state index in [0.29, 0.717) is 18.0 Å². The molecule has 0 atom stereocenters. The summed E-state index contributed by atoms with van der Waals surface area (Å²) >= 11 is 0. The van der Waals surface area contributed by atoms with Gasteiger partial charge in [0.05, 0.1) is 23.2 Å². The van der Waals surface area contributed by atoms with Crippen LogP contribution in [0.3, 0.4) is 0 Å². The SMILES string of the molecule is CC(=O)N1CC(C)(C)Oc2cc([N+](=O)[O-])c(N)cc21. The molecular weight excluding hydrogens is 250 g/mol. The second-order valence-corrected chi connectivity index (χ2v) is 5.10.